The predicted octanol–water partition coefficient (Wildman–Crippen LogP) is 2.05. The Balaban J connectivity index is 2.23. The summed E-state index contributed by atoms with van der Waals surface area (Å²) in [6.07, 6.45) is -6.31. The number of halogens is 3. The molecule has 0 unspecified atom stereocenters. The van der Waals surface area contributed by atoms with E-state index in [2.05, 4.69) is 5.32 Å². The SMILES string of the molecule is C[C@](NC(=O)[C@@H](O)[C@H](N)Cc1ccccc1)(C(=O)O)c1cccc(C(F)(F)F)c1. The molecule has 0 aliphatic rings. The summed E-state index contributed by atoms with van der Waals surface area (Å²) >= 11 is 0. The van der Waals surface area contributed by atoms with E-state index in [4.69, 9.17) is 5.73 Å². The zero-order valence-corrected chi connectivity index (χ0v) is 15.5. The summed E-state index contributed by atoms with van der Waals surface area (Å²) in [7, 11) is 0. The number of rotatable bonds is 7. The van der Waals surface area contributed by atoms with Crippen LogP contribution in [-0.2, 0) is 27.7 Å². The average Bonchev–Trinajstić information content (AvgIpc) is 2.67. The summed E-state index contributed by atoms with van der Waals surface area (Å²) in [5, 5.41) is 21.9. The number of hydrogen-bond acceptors (Lipinski definition) is 4. The van der Waals surface area contributed by atoms with E-state index in [9.17, 15) is 33.0 Å². The van der Waals surface area contributed by atoms with Crippen LogP contribution in [0, 0.1) is 0 Å². The predicted molar refractivity (Wildman–Crippen MR) is 98.7 cm³/mol. The first kappa shape index (κ1) is 22.4. The molecule has 0 saturated heterocycles. The number of amides is 1. The molecule has 156 valence electrons. The molecule has 2 rings (SSSR count). The molecule has 0 fully saturated rings. The monoisotopic (exact) mass is 410 g/mol. The topological polar surface area (TPSA) is 113 Å². The normalized spacial score (nSPS) is 15.8. The number of aliphatic hydroxyl groups excluding tert-OH is 1. The van der Waals surface area contributed by atoms with Gasteiger partial charge in [-0.1, -0.05) is 42.5 Å². The van der Waals surface area contributed by atoms with Crippen molar-refractivity contribution >= 4 is 11.9 Å². The molecule has 1 amide bonds. The van der Waals surface area contributed by atoms with Crippen LogP contribution >= 0.6 is 0 Å². The van der Waals surface area contributed by atoms with Crippen molar-refractivity contribution in [2.75, 3.05) is 0 Å². The molecule has 0 heterocycles. The van der Waals surface area contributed by atoms with Crippen LogP contribution in [0.4, 0.5) is 13.2 Å². The first-order valence-corrected chi connectivity index (χ1v) is 8.66. The fourth-order valence-electron chi connectivity index (χ4n) is 2.77. The van der Waals surface area contributed by atoms with Gasteiger partial charge in [0.2, 0.25) is 0 Å². The first-order valence-electron chi connectivity index (χ1n) is 8.66. The molecule has 5 N–H and O–H groups in total. The van der Waals surface area contributed by atoms with E-state index in [0.29, 0.717) is 6.07 Å². The summed E-state index contributed by atoms with van der Waals surface area (Å²) in [6.45, 7) is 1.04. The van der Waals surface area contributed by atoms with Crippen molar-refractivity contribution in [1.82, 2.24) is 5.32 Å². The van der Waals surface area contributed by atoms with Gasteiger partial charge in [0, 0.05) is 6.04 Å². The standard InChI is InChI=1S/C20H21F3N2O4/c1-19(18(28)29,13-8-5-9-14(11-13)20(21,22)23)25-17(27)16(26)15(24)10-12-6-3-2-4-7-12/h2-9,11,15-16,26H,10,24H2,1H3,(H,25,27)(H,28,29)/t15-,16+,19-/m1/s1. The van der Waals surface area contributed by atoms with Crippen LogP contribution in [0.5, 0.6) is 0 Å². The minimum atomic E-state index is -4.68. The molecular formula is C20H21F3N2O4. The van der Waals surface area contributed by atoms with Crippen LogP contribution in [0.1, 0.15) is 23.6 Å². The van der Waals surface area contributed by atoms with Gasteiger partial charge in [0.15, 0.2) is 5.54 Å². The van der Waals surface area contributed by atoms with Crippen LogP contribution in [0.3, 0.4) is 0 Å². The molecule has 29 heavy (non-hydrogen) atoms. The Morgan fingerprint density at radius 1 is 1.07 bits per heavy atom. The minimum Gasteiger partial charge on any atom is -0.479 e. The molecule has 0 bridgehead atoms. The smallest absolute Gasteiger partial charge is 0.416 e. The number of carboxylic acids is 1. The Kier molecular flexibility index (Phi) is 6.66. The van der Waals surface area contributed by atoms with Crippen molar-refractivity contribution in [1.29, 1.82) is 0 Å². The van der Waals surface area contributed by atoms with Crippen molar-refractivity contribution in [3.05, 3.63) is 71.3 Å². The maximum absolute atomic E-state index is 13.0. The summed E-state index contributed by atoms with van der Waals surface area (Å²) in [5.41, 5.74) is 3.06. The third-order valence-corrected chi connectivity index (χ3v) is 4.56. The van der Waals surface area contributed by atoms with Gasteiger partial charge in [0.05, 0.1) is 5.56 Å². The summed E-state index contributed by atoms with van der Waals surface area (Å²) in [5.74, 6) is -2.69. The minimum absolute atomic E-state index is 0.142. The van der Waals surface area contributed by atoms with Crippen molar-refractivity contribution in [3.63, 3.8) is 0 Å². The summed E-state index contributed by atoms with van der Waals surface area (Å²) < 4.78 is 38.9. The lowest BCUT2D eigenvalue weighted by molar-refractivity contribution is -0.149. The fourth-order valence-corrected chi connectivity index (χ4v) is 2.77. The number of nitrogens with one attached hydrogen (secondary N) is 1. The van der Waals surface area contributed by atoms with Crippen LogP contribution in [0.15, 0.2) is 54.6 Å². The van der Waals surface area contributed by atoms with Crippen LogP contribution in [0.2, 0.25) is 0 Å². The van der Waals surface area contributed by atoms with Gasteiger partial charge in [-0.15, -0.1) is 0 Å². The zero-order chi connectivity index (χ0) is 21.8. The van der Waals surface area contributed by atoms with E-state index in [1.807, 2.05) is 0 Å². The maximum Gasteiger partial charge on any atom is 0.416 e. The van der Waals surface area contributed by atoms with Crippen molar-refractivity contribution < 1.29 is 33.0 Å². The van der Waals surface area contributed by atoms with Gasteiger partial charge < -0.3 is 21.3 Å². The van der Waals surface area contributed by atoms with Gasteiger partial charge in [-0.2, -0.15) is 13.2 Å². The van der Waals surface area contributed by atoms with Gasteiger partial charge in [0.25, 0.3) is 5.91 Å². The number of carbonyl (C=O) groups is 2. The van der Waals surface area contributed by atoms with Gasteiger partial charge >= 0.3 is 12.1 Å². The number of aliphatic carboxylic acids is 1. The molecule has 0 aliphatic carbocycles. The quantitative estimate of drug-likeness (QED) is 0.558. The number of carboxylic acid groups (broad SMARTS) is 1. The van der Waals surface area contributed by atoms with E-state index in [1.165, 1.54) is 0 Å². The molecule has 2 aromatic rings. The maximum atomic E-state index is 13.0. The molecule has 0 aliphatic heterocycles. The van der Waals surface area contributed by atoms with E-state index < -0.39 is 41.3 Å². The van der Waals surface area contributed by atoms with E-state index in [0.717, 1.165) is 30.7 Å². The lowest BCUT2D eigenvalue weighted by Crippen LogP contribution is -2.56. The Hall–Kier alpha value is -2.91. The molecule has 2 aromatic carbocycles. The molecular weight excluding hydrogens is 389 g/mol. The Labute approximate surface area is 165 Å². The van der Waals surface area contributed by atoms with Crippen LogP contribution in [-0.4, -0.2) is 34.2 Å². The lowest BCUT2D eigenvalue weighted by atomic mass is 9.90. The van der Waals surface area contributed by atoms with Gasteiger partial charge in [0.1, 0.15) is 6.10 Å². The zero-order valence-electron chi connectivity index (χ0n) is 15.5. The third kappa shape index (κ3) is 5.33. The highest BCUT2D eigenvalue weighted by Gasteiger charge is 2.41. The van der Waals surface area contributed by atoms with Crippen molar-refractivity contribution in [2.24, 2.45) is 5.73 Å². The summed E-state index contributed by atoms with van der Waals surface area (Å²) in [4.78, 5) is 24.2. The molecule has 6 nitrogen and oxygen atoms in total. The Morgan fingerprint density at radius 3 is 2.21 bits per heavy atom. The summed E-state index contributed by atoms with van der Waals surface area (Å²) in [6, 6.07) is 11.4. The van der Waals surface area contributed by atoms with E-state index in [1.54, 1.807) is 30.3 Å². The Morgan fingerprint density at radius 2 is 1.66 bits per heavy atom. The first-order chi connectivity index (χ1) is 13.4. The fraction of sp³-hybridized carbons (Fsp3) is 0.300. The lowest BCUT2D eigenvalue weighted by Gasteiger charge is -2.29. The number of hydrogen-bond donors (Lipinski definition) is 4. The second-order valence-corrected chi connectivity index (χ2v) is 6.80. The van der Waals surface area contributed by atoms with Crippen LogP contribution < -0.4 is 11.1 Å². The highest BCUT2D eigenvalue weighted by Crippen LogP contribution is 2.32. The van der Waals surface area contributed by atoms with Gasteiger partial charge in [-0.3, -0.25) is 4.79 Å². The molecule has 0 spiro atoms. The molecule has 0 aromatic heterocycles. The number of alkyl halides is 3. The number of benzene rings is 2. The molecule has 0 saturated carbocycles. The van der Waals surface area contributed by atoms with E-state index >= 15 is 0 Å². The van der Waals surface area contributed by atoms with Gasteiger partial charge in [-0.25, -0.2) is 4.79 Å². The highest BCUT2D eigenvalue weighted by molar-refractivity contribution is 5.90. The molecule has 0 radical (unpaired) electrons. The number of nitrogens with two attached hydrogens (primary N) is 1. The third-order valence-electron chi connectivity index (χ3n) is 4.56. The largest absolute Gasteiger partial charge is 0.479 e. The molecule has 3 atom stereocenters. The van der Waals surface area contributed by atoms with E-state index in [-0.39, 0.29) is 12.0 Å². The Bertz CT molecular complexity index is 874. The van der Waals surface area contributed by atoms with Crippen LogP contribution in [0.25, 0.3) is 0 Å². The average molecular weight is 410 g/mol. The van der Waals surface area contributed by atoms with Gasteiger partial charge in [-0.05, 0) is 36.6 Å². The highest BCUT2D eigenvalue weighted by atomic mass is 19.4. The second kappa shape index (κ2) is 8.62. The molecule has 9 heteroatoms. The van der Waals surface area contributed by atoms with Crippen molar-refractivity contribution in [2.45, 2.75) is 37.2 Å². The van der Waals surface area contributed by atoms with Crippen molar-refractivity contribution in [3.8, 4) is 0 Å². The number of aliphatic hydroxyl groups is 1. The number of carbonyl (C=O) groups excluding carboxylic acids is 1. The second-order valence-electron chi connectivity index (χ2n) is 6.80.